The summed E-state index contributed by atoms with van der Waals surface area (Å²) in [6.45, 7) is 0.0694. The summed E-state index contributed by atoms with van der Waals surface area (Å²) < 4.78 is 0.682. The third-order valence-corrected chi connectivity index (χ3v) is 3.40. The summed E-state index contributed by atoms with van der Waals surface area (Å²) in [6.07, 6.45) is -1.52. The Bertz CT molecular complexity index is 466. The maximum atomic E-state index is 11.6. The summed E-state index contributed by atoms with van der Waals surface area (Å²) in [5, 5.41) is 20.4. The average Bonchev–Trinajstić information content (AvgIpc) is 2.32. The van der Waals surface area contributed by atoms with Gasteiger partial charge >= 0.3 is 5.97 Å². The predicted molar refractivity (Wildman–Crippen MR) is 69.7 cm³/mol. The molecule has 0 aliphatic carbocycles. The van der Waals surface area contributed by atoms with E-state index in [1.807, 2.05) is 0 Å². The lowest BCUT2D eigenvalue weighted by Gasteiger charge is -2.08. The Balaban J connectivity index is 2.50. The molecule has 0 fully saturated rings. The zero-order valence-electron chi connectivity index (χ0n) is 9.19. The van der Waals surface area contributed by atoms with Crippen LogP contribution in [0.1, 0.15) is 16.8 Å². The maximum absolute atomic E-state index is 11.6. The Morgan fingerprint density at radius 1 is 1.44 bits per heavy atom. The molecule has 7 heteroatoms. The van der Waals surface area contributed by atoms with Crippen molar-refractivity contribution in [1.82, 2.24) is 5.32 Å². The molecule has 0 saturated carbocycles. The minimum Gasteiger partial charge on any atom is -0.479 e. The van der Waals surface area contributed by atoms with Crippen LogP contribution < -0.4 is 5.32 Å². The molecule has 1 aromatic carbocycles. The van der Waals surface area contributed by atoms with E-state index in [1.54, 1.807) is 12.1 Å². The van der Waals surface area contributed by atoms with Crippen molar-refractivity contribution in [2.24, 2.45) is 0 Å². The monoisotopic (exact) mass is 335 g/mol. The van der Waals surface area contributed by atoms with Crippen LogP contribution in [-0.2, 0) is 4.79 Å². The molecule has 5 nitrogen and oxygen atoms in total. The van der Waals surface area contributed by atoms with Crippen LogP contribution in [0.15, 0.2) is 22.7 Å². The van der Waals surface area contributed by atoms with Gasteiger partial charge in [0.1, 0.15) is 0 Å². The predicted octanol–water partition coefficient (Wildman–Crippen LogP) is 1.67. The van der Waals surface area contributed by atoms with Crippen molar-refractivity contribution >= 4 is 39.4 Å². The lowest BCUT2D eigenvalue weighted by Crippen LogP contribution is -2.30. The molecule has 3 N–H and O–H groups in total. The number of carboxylic acid groups (broad SMARTS) is 1. The molecule has 0 aromatic heterocycles. The summed E-state index contributed by atoms with van der Waals surface area (Å²) in [4.78, 5) is 22.0. The number of hydrogen-bond donors (Lipinski definition) is 3. The van der Waals surface area contributed by atoms with E-state index >= 15 is 0 Å². The molecule has 0 heterocycles. The third kappa shape index (κ3) is 4.29. The van der Waals surface area contributed by atoms with Crippen LogP contribution in [0, 0.1) is 0 Å². The van der Waals surface area contributed by atoms with Crippen LogP contribution in [0.25, 0.3) is 0 Å². The Morgan fingerprint density at radius 2 is 2.11 bits per heavy atom. The van der Waals surface area contributed by atoms with E-state index < -0.39 is 12.1 Å². The number of hydrogen-bond acceptors (Lipinski definition) is 3. The standard InChI is InChI=1S/C11H11BrClNO4/c12-7-2-1-6(5-8(7)13)10(16)14-4-3-9(15)11(17)18/h1-2,5,9,15H,3-4H2,(H,14,16)(H,17,18)/t9-/m0/s1. The Labute approximate surface area is 117 Å². The molecule has 1 amide bonds. The molecule has 0 saturated heterocycles. The van der Waals surface area contributed by atoms with Gasteiger partial charge in [-0.2, -0.15) is 0 Å². The van der Waals surface area contributed by atoms with Crippen molar-refractivity contribution in [2.75, 3.05) is 6.54 Å². The fraction of sp³-hybridized carbons (Fsp3) is 0.273. The van der Waals surface area contributed by atoms with Crippen molar-refractivity contribution in [3.8, 4) is 0 Å². The van der Waals surface area contributed by atoms with Crippen molar-refractivity contribution < 1.29 is 19.8 Å². The minimum absolute atomic E-state index is 0.0503. The minimum atomic E-state index is -1.47. The van der Waals surface area contributed by atoms with Gasteiger partial charge in [0.15, 0.2) is 6.10 Å². The fourth-order valence-electron chi connectivity index (χ4n) is 1.19. The van der Waals surface area contributed by atoms with Crippen LogP contribution in [0.3, 0.4) is 0 Å². The van der Waals surface area contributed by atoms with Crippen LogP contribution in [0.5, 0.6) is 0 Å². The number of aliphatic hydroxyl groups excluding tert-OH is 1. The molecular formula is C11H11BrClNO4. The van der Waals surface area contributed by atoms with Crippen molar-refractivity contribution in [1.29, 1.82) is 0 Å². The molecule has 18 heavy (non-hydrogen) atoms. The third-order valence-electron chi connectivity index (χ3n) is 2.17. The van der Waals surface area contributed by atoms with Gasteiger partial charge in [-0.05, 0) is 34.1 Å². The van der Waals surface area contributed by atoms with Crippen LogP contribution in [0.2, 0.25) is 5.02 Å². The molecule has 1 atom stereocenters. The normalized spacial score (nSPS) is 11.9. The summed E-state index contributed by atoms with van der Waals surface area (Å²) >= 11 is 9.04. The fourth-order valence-corrected chi connectivity index (χ4v) is 1.61. The van der Waals surface area contributed by atoms with Crippen LogP contribution in [0.4, 0.5) is 0 Å². The SMILES string of the molecule is O=C(NCC[C@H](O)C(=O)O)c1ccc(Br)c(Cl)c1. The highest BCUT2D eigenvalue weighted by molar-refractivity contribution is 9.10. The van der Waals surface area contributed by atoms with E-state index in [4.69, 9.17) is 21.8 Å². The number of carbonyl (C=O) groups is 2. The van der Waals surface area contributed by atoms with Gasteiger partial charge in [0, 0.05) is 23.0 Å². The second-order valence-electron chi connectivity index (χ2n) is 3.53. The largest absolute Gasteiger partial charge is 0.479 e. The van der Waals surface area contributed by atoms with Crippen molar-refractivity contribution in [3.63, 3.8) is 0 Å². The van der Waals surface area contributed by atoms with Gasteiger partial charge in [-0.15, -0.1) is 0 Å². The number of aliphatic carboxylic acids is 1. The van der Waals surface area contributed by atoms with Crippen molar-refractivity contribution in [2.45, 2.75) is 12.5 Å². The van der Waals surface area contributed by atoms with E-state index in [-0.39, 0.29) is 18.9 Å². The zero-order chi connectivity index (χ0) is 13.7. The first kappa shape index (κ1) is 14.9. The number of halogens is 2. The number of carboxylic acids is 1. The topological polar surface area (TPSA) is 86.6 Å². The first-order valence-electron chi connectivity index (χ1n) is 5.06. The van der Waals surface area contributed by atoms with Gasteiger partial charge in [0.2, 0.25) is 0 Å². The molecule has 0 spiro atoms. The van der Waals surface area contributed by atoms with E-state index in [2.05, 4.69) is 21.2 Å². The Hall–Kier alpha value is -1.11. The maximum Gasteiger partial charge on any atom is 0.332 e. The Morgan fingerprint density at radius 3 is 2.67 bits per heavy atom. The molecular weight excluding hydrogens is 325 g/mol. The molecule has 1 rings (SSSR count). The summed E-state index contributed by atoms with van der Waals surface area (Å²) in [5.74, 6) is -1.68. The molecule has 1 aromatic rings. The summed E-state index contributed by atoms with van der Waals surface area (Å²) in [7, 11) is 0. The summed E-state index contributed by atoms with van der Waals surface area (Å²) in [6, 6.07) is 4.72. The number of aliphatic hydroxyl groups is 1. The smallest absolute Gasteiger partial charge is 0.332 e. The first-order chi connectivity index (χ1) is 8.41. The molecule has 0 unspecified atom stereocenters. The van der Waals surface area contributed by atoms with Gasteiger partial charge in [-0.1, -0.05) is 11.6 Å². The lowest BCUT2D eigenvalue weighted by molar-refractivity contribution is -0.146. The second kappa shape index (κ2) is 6.72. The number of rotatable bonds is 5. The van der Waals surface area contributed by atoms with E-state index in [0.717, 1.165) is 0 Å². The number of amides is 1. The van der Waals surface area contributed by atoms with Crippen LogP contribution >= 0.6 is 27.5 Å². The number of carbonyl (C=O) groups excluding carboxylic acids is 1. The first-order valence-corrected chi connectivity index (χ1v) is 6.23. The Kier molecular flexibility index (Phi) is 5.58. The zero-order valence-corrected chi connectivity index (χ0v) is 11.5. The van der Waals surface area contributed by atoms with Gasteiger partial charge in [0.25, 0.3) is 5.91 Å². The summed E-state index contributed by atoms with van der Waals surface area (Å²) in [5.41, 5.74) is 0.369. The molecule has 0 radical (unpaired) electrons. The van der Waals surface area contributed by atoms with Gasteiger partial charge < -0.3 is 15.5 Å². The van der Waals surface area contributed by atoms with E-state index in [9.17, 15) is 9.59 Å². The van der Waals surface area contributed by atoms with Gasteiger partial charge in [0.05, 0.1) is 5.02 Å². The number of nitrogens with one attached hydrogen (secondary N) is 1. The molecule has 0 aliphatic heterocycles. The van der Waals surface area contributed by atoms with E-state index in [0.29, 0.717) is 15.1 Å². The second-order valence-corrected chi connectivity index (χ2v) is 4.79. The number of benzene rings is 1. The molecule has 98 valence electrons. The van der Waals surface area contributed by atoms with Crippen molar-refractivity contribution in [3.05, 3.63) is 33.3 Å². The average molecular weight is 337 g/mol. The molecule has 0 bridgehead atoms. The van der Waals surface area contributed by atoms with Gasteiger partial charge in [-0.25, -0.2) is 4.79 Å². The lowest BCUT2D eigenvalue weighted by atomic mass is 10.2. The highest BCUT2D eigenvalue weighted by Gasteiger charge is 2.13. The van der Waals surface area contributed by atoms with Crippen LogP contribution in [-0.4, -0.2) is 34.7 Å². The van der Waals surface area contributed by atoms with E-state index in [1.165, 1.54) is 6.07 Å². The quantitative estimate of drug-likeness (QED) is 0.763. The molecule has 0 aliphatic rings. The van der Waals surface area contributed by atoms with Gasteiger partial charge in [-0.3, -0.25) is 4.79 Å². The highest BCUT2D eigenvalue weighted by Crippen LogP contribution is 2.23. The highest BCUT2D eigenvalue weighted by atomic mass is 79.9.